The quantitative estimate of drug-likeness (QED) is 0.425. The number of fused-ring (bicyclic) bond motifs is 1. The largest absolute Gasteiger partial charge is 0.493 e. The molecule has 0 aromatic heterocycles. The lowest BCUT2D eigenvalue weighted by Crippen LogP contribution is -2.11. The highest BCUT2D eigenvalue weighted by Gasteiger charge is 2.14. The molecule has 0 atom stereocenters. The maximum absolute atomic E-state index is 11.0. The molecule has 0 aliphatic rings. The molecule has 0 radical (unpaired) electrons. The van der Waals surface area contributed by atoms with Gasteiger partial charge < -0.3 is 18.9 Å². The smallest absolute Gasteiger partial charge is 0.330 e. The Morgan fingerprint density at radius 3 is 2.52 bits per heavy atom. The Bertz CT molecular complexity index is 693. The standard InChI is InChI=1S/C18H20O5/c1-4-17(19)22-10-11-23-18-14-9-7-6-8-13(14)15(21-5-2)12-16(18)20-3/h4,6-9,12H,1,5,10-11H2,2-3H3. The maximum Gasteiger partial charge on any atom is 0.330 e. The van der Waals surface area contributed by atoms with Crippen LogP contribution in [0.25, 0.3) is 10.8 Å². The van der Waals surface area contributed by atoms with Crippen molar-refractivity contribution in [3.8, 4) is 17.2 Å². The predicted molar refractivity (Wildman–Crippen MR) is 88.3 cm³/mol. The van der Waals surface area contributed by atoms with E-state index in [2.05, 4.69) is 6.58 Å². The van der Waals surface area contributed by atoms with Crippen molar-refractivity contribution in [1.29, 1.82) is 0 Å². The van der Waals surface area contributed by atoms with E-state index < -0.39 is 5.97 Å². The van der Waals surface area contributed by atoms with Gasteiger partial charge in [0.25, 0.3) is 0 Å². The van der Waals surface area contributed by atoms with E-state index in [1.165, 1.54) is 0 Å². The van der Waals surface area contributed by atoms with E-state index >= 15 is 0 Å². The number of esters is 1. The first-order chi connectivity index (χ1) is 11.2. The monoisotopic (exact) mass is 316 g/mol. The van der Waals surface area contributed by atoms with Gasteiger partial charge in [-0.2, -0.15) is 0 Å². The van der Waals surface area contributed by atoms with Gasteiger partial charge >= 0.3 is 5.97 Å². The molecule has 0 aliphatic carbocycles. The van der Waals surface area contributed by atoms with Crippen LogP contribution in [-0.4, -0.2) is 32.9 Å². The van der Waals surface area contributed by atoms with Crippen LogP contribution in [0.3, 0.4) is 0 Å². The second-order valence-corrected chi connectivity index (χ2v) is 4.60. The summed E-state index contributed by atoms with van der Waals surface area (Å²) >= 11 is 0. The highest BCUT2D eigenvalue weighted by Crippen LogP contribution is 2.41. The number of carbonyl (C=O) groups excluding carboxylic acids is 1. The van der Waals surface area contributed by atoms with Gasteiger partial charge in [-0.05, 0) is 6.92 Å². The van der Waals surface area contributed by atoms with E-state index in [4.69, 9.17) is 18.9 Å². The highest BCUT2D eigenvalue weighted by atomic mass is 16.6. The average molecular weight is 316 g/mol. The summed E-state index contributed by atoms with van der Waals surface area (Å²) in [6.45, 7) is 6.18. The Hall–Kier alpha value is -2.69. The van der Waals surface area contributed by atoms with Gasteiger partial charge in [-0.15, -0.1) is 0 Å². The molecular formula is C18H20O5. The summed E-state index contributed by atoms with van der Waals surface area (Å²) < 4.78 is 21.8. The third kappa shape index (κ3) is 3.94. The molecule has 2 aromatic carbocycles. The van der Waals surface area contributed by atoms with Crippen LogP contribution in [-0.2, 0) is 9.53 Å². The molecular weight excluding hydrogens is 296 g/mol. The van der Waals surface area contributed by atoms with Crippen molar-refractivity contribution in [2.45, 2.75) is 6.92 Å². The summed E-state index contributed by atoms with van der Waals surface area (Å²) in [5.41, 5.74) is 0. The molecule has 0 saturated carbocycles. The van der Waals surface area contributed by atoms with Crippen molar-refractivity contribution in [1.82, 2.24) is 0 Å². The van der Waals surface area contributed by atoms with Gasteiger partial charge in [0.2, 0.25) is 0 Å². The molecule has 0 fully saturated rings. The SMILES string of the molecule is C=CC(=O)OCCOc1c(OC)cc(OCC)c2ccccc12. The Morgan fingerprint density at radius 1 is 1.13 bits per heavy atom. The number of hydrogen-bond donors (Lipinski definition) is 0. The second-order valence-electron chi connectivity index (χ2n) is 4.60. The molecule has 0 spiro atoms. The van der Waals surface area contributed by atoms with Gasteiger partial charge in [0.1, 0.15) is 19.0 Å². The van der Waals surface area contributed by atoms with E-state index in [1.54, 1.807) is 13.2 Å². The Balaban J connectivity index is 2.28. The summed E-state index contributed by atoms with van der Waals surface area (Å²) in [5, 5.41) is 1.82. The molecule has 0 aliphatic heterocycles. The third-order valence-electron chi connectivity index (χ3n) is 3.18. The molecule has 23 heavy (non-hydrogen) atoms. The van der Waals surface area contributed by atoms with Gasteiger partial charge in [-0.1, -0.05) is 30.8 Å². The van der Waals surface area contributed by atoms with E-state index in [9.17, 15) is 4.79 Å². The Morgan fingerprint density at radius 2 is 1.87 bits per heavy atom. The predicted octanol–water partition coefficient (Wildman–Crippen LogP) is 3.36. The molecule has 0 amide bonds. The fourth-order valence-electron chi connectivity index (χ4n) is 2.21. The van der Waals surface area contributed by atoms with Gasteiger partial charge in [-0.25, -0.2) is 4.79 Å². The van der Waals surface area contributed by atoms with Gasteiger partial charge in [0, 0.05) is 22.9 Å². The number of benzene rings is 2. The Labute approximate surface area is 135 Å². The summed E-state index contributed by atoms with van der Waals surface area (Å²) in [5.74, 6) is 1.44. The third-order valence-corrected chi connectivity index (χ3v) is 3.18. The zero-order valence-corrected chi connectivity index (χ0v) is 13.3. The van der Waals surface area contributed by atoms with E-state index in [0.717, 1.165) is 22.6 Å². The van der Waals surface area contributed by atoms with Crippen LogP contribution < -0.4 is 14.2 Å². The van der Waals surface area contributed by atoms with E-state index in [1.807, 2.05) is 31.2 Å². The molecule has 2 aromatic rings. The van der Waals surface area contributed by atoms with Gasteiger partial charge in [0.15, 0.2) is 11.5 Å². The van der Waals surface area contributed by atoms with Crippen LogP contribution in [0.2, 0.25) is 0 Å². The first kappa shape index (κ1) is 16.7. The molecule has 0 saturated heterocycles. The van der Waals surface area contributed by atoms with E-state index in [0.29, 0.717) is 18.1 Å². The first-order valence-corrected chi connectivity index (χ1v) is 7.35. The van der Waals surface area contributed by atoms with Crippen LogP contribution in [0.15, 0.2) is 43.0 Å². The fourth-order valence-corrected chi connectivity index (χ4v) is 2.21. The lowest BCUT2D eigenvalue weighted by molar-refractivity contribution is -0.138. The van der Waals surface area contributed by atoms with Crippen molar-refractivity contribution in [2.24, 2.45) is 0 Å². The van der Waals surface area contributed by atoms with Crippen molar-refractivity contribution >= 4 is 16.7 Å². The van der Waals surface area contributed by atoms with Crippen molar-refractivity contribution in [3.63, 3.8) is 0 Å². The average Bonchev–Trinajstić information content (AvgIpc) is 2.59. The summed E-state index contributed by atoms with van der Waals surface area (Å²) in [6.07, 6.45) is 1.12. The molecule has 5 heteroatoms. The minimum Gasteiger partial charge on any atom is -0.493 e. The number of carbonyl (C=O) groups is 1. The van der Waals surface area contributed by atoms with Crippen LogP contribution >= 0.6 is 0 Å². The Kier molecular flexibility index (Phi) is 5.86. The topological polar surface area (TPSA) is 54.0 Å². The lowest BCUT2D eigenvalue weighted by Gasteiger charge is -2.16. The molecule has 2 rings (SSSR count). The molecule has 0 N–H and O–H groups in total. The van der Waals surface area contributed by atoms with Gasteiger partial charge in [0.05, 0.1) is 13.7 Å². The normalized spacial score (nSPS) is 10.2. The van der Waals surface area contributed by atoms with Crippen LogP contribution in [0.4, 0.5) is 0 Å². The number of ether oxygens (including phenoxy) is 4. The number of hydrogen-bond acceptors (Lipinski definition) is 5. The minimum absolute atomic E-state index is 0.134. The number of methoxy groups -OCH3 is 1. The van der Waals surface area contributed by atoms with Crippen LogP contribution in [0.5, 0.6) is 17.2 Å². The van der Waals surface area contributed by atoms with Crippen LogP contribution in [0, 0.1) is 0 Å². The van der Waals surface area contributed by atoms with E-state index in [-0.39, 0.29) is 13.2 Å². The summed E-state index contributed by atoms with van der Waals surface area (Å²) in [7, 11) is 1.57. The molecule has 0 bridgehead atoms. The summed E-state index contributed by atoms with van der Waals surface area (Å²) in [6, 6.07) is 9.56. The van der Waals surface area contributed by atoms with Crippen LogP contribution in [0.1, 0.15) is 6.92 Å². The lowest BCUT2D eigenvalue weighted by atomic mass is 10.1. The van der Waals surface area contributed by atoms with Crippen molar-refractivity contribution in [2.75, 3.05) is 26.9 Å². The molecule has 0 unspecified atom stereocenters. The fraction of sp³-hybridized carbons (Fsp3) is 0.278. The molecule has 122 valence electrons. The van der Waals surface area contributed by atoms with Gasteiger partial charge in [-0.3, -0.25) is 0 Å². The molecule has 5 nitrogen and oxygen atoms in total. The summed E-state index contributed by atoms with van der Waals surface area (Å²) in [4.78, 5) is 11.0. The highest BCUT2D eigenvalue weighted by molar-refractivity contribution is 5.95. The zero-order valence-electron chi connectivity index (χ0n) is 13.3. The molecule has 0 heterocycles. The zero-order chi connectivity index (χ0) is 16.7. The maximum atomic E-state index is 11.0. The number of rotatable bonds is 8. The minimum atomic E-state index is -0.475. The first-order valence-electron chi connectivity index (χ1n) is 7.35. The van der Waals surface area contributed by atoms with Crippen molar-refractivity contribution in [3.05, 3.63) is 43.0 Å². The second kappa shape index (κ2) is 8.08. The van der Waals surface area contributed by atoms with Crippen molar-refractivity contribution < 1.29 is 23.7 Å².